The van der Waals surface area contributed by atoms with Crippen molar-refractivity contribution in [3.8, 4) is 5.75 Å². The zero-order chi connectivity index (χ0) is 16.8. The van der Waals surface area contributed by atoms with Crippen LogP contribution in [0.1, 0.15) is 37.7 Å². The highest BCUT2D eigenvalue weighted by Gasteiger charge is 2.18. The van der Waals surface area contributed by atoms with Gasteiger partial charge in [-0.05, 0) is 56.3 Å². The Hall–Kier alpha value is -1.81. The summed E-state index contributed by atoms with van der Waals surface area (Å²) in [5.74, 6) is 1.49. The Morgan fingerprint density at radius 3 is 2.62 bits per heavy atom. The standard InChI is InChI=1S/C20H28N2O2/c1-22-12-10-19(11-13-22)24-18-8-6-17(7-9-18)15-21-20(23)14-16-4-2-3-5-16/h2,4,6-9,16,19H,3,5,10-15H2,1H3,(H,21,23). The number of piperidine rings is 1. The van der Waals surface area contributed by atoms with Crippen molar-refractivity contribution in [2.45, 2.75) is 44.8 Å². The van der Waals surface area contributed by atoms with Crippen LogP contribution < -0.4 is 10.1 Å². The van der Waals surface area contributed by atoms with Crippen molar-refractivity contribution in [3.63, 3.8) is 0 Å². The maximum absolute atomic E-state index is 12.0. The number of nitrogens with zero attached hydrogens (tertiary/aromatic N) is 1. The number of hydrogen-bond donors (Lipinski definition) is 1. The molecule has 1 unspecified atom stereocenters. The third kappa shape index (κ3) is 5.10. The van der Waals surface area contributed by atoms with Gasteiger partial charge in [0.05, 0.1) is 0 Å². The summed E-state index contributed by atoms with van der Waals surface area (Å²) in [6.45, 7) is 2.79. The lowest BCUT2D eigenvalue weighted by Gasteiger charge is -2.29. The quantitative estimate of drug-likeness (QED) is 0.816. The van der Waals surface area contributed by atoms with Crippen molar-refractivity contribution in [1.29, 1.82) is 0 Å². The molecule has 0 bridgehead atoms. The number of allylic oxidation sites excluding steroid dienone is 2. The monoisotopic (exact) mass is 328 g/mol. The van der Waals surface area contributed by atoms with Crippen LogP contribution in [0.5, 0.6) is 5.75 Å². The first-order chi connectivity index (χ1) is 11.7. The van der Waals surface area contributed by atoms with Crippen molar-refractivity contribution in [2.24, 2.45) is 5.92 Å². The van der Waals surface area contributed by atoms with Crippen LogP contribution in [0, 0.1) is 5.92 Å². The summed E-state index contributed by atoms with van der Waals surface area (Å²) in [4.78, 5) is 14.3. The number of amides is 1. The molecule has 4 heteroatoms. The Bertz CT molecular complexity index is 560. The highest BCUT2D eigenvalue weighted by atomic mass is 16.5. The van der Waals surface area contributed by atoms with E-state index in [2.05, 4.69) is 29.4 Å². The third-order valence-corrected chi connectivity index (χ3v) is 4.94. The number of nitrogens with one attached hydrogen (secondary N) is 1. The van der Waals surface area contributed by atoms with Crippen LogP contribution in [0.3, 0.4) is 0 Å². The minimum atomic E-state index is 0.137. The zero-order valence-electron chi connectivity index (χ0n) is 14.5. The maximum atomic E-state index is 12.0. The Balaban J connectivity index is 1.41. The average Bonchev–Trinajstić information content (AvgIpc) is 3.09. The van der Waals surface area contributed by atoms with Crippen LogP contribution in [0.2, 0.25) is 0 Å². The molecule has 0 radical (unpaired) electrons. The smallest absolute Gasteiger partial charge is 0.220 e. The molecule has 1 atom stereocenters. The van der Waals surface area contributed by atoms with Gasteiger partial charge in [0.25, 0.3) is 0 Å². The van der Waals surface area contributed by atoms with Crippen LogP contribution in [-0.4, -0.2) is 37.0 Å². The second-order valence-corrected chi connectivity index (χ2v) is 7.01. The molecule has 1 amide bonds. The van der Waals surface area contributed by atoms with E-state index in [0.29, 0.717) is 25.0 Å². The topological polar surface area (TPSA) is 41.6 Å². The predicted octanol–water partition coefficient (Wildman–Crippen LogP) is 3.13. The van der Waals surface area contributed by atoms with Gasteiger partial charge >= 0.3 is 0 Å². The molecule has 2 aliphatic rings. The van der Waals surface area contributed by atoms with Gasteiger partial charge in [0.2, 0.25) is 5.91 Å². The van der Waals surface area contributed by atoms with Crippen molar-refractivity contribution in [1.82, 2.24) is 10.2 Å². The van der Waals surface area contributed by atoms with Crippen molar-refractivity contribution in [3.05, 3.63) is 42.0 Å². The van der Waals surface area contributed by atoms with E-state index >= 15 is 0 Å². The normalized spacial score (nSPS) is 21.8. The fraction of sp³-hybridized carbons (Fsp3) is 0.550. The van der Waals surface area contributed by atoms with Crippen LogP contribution in [-0.2, 0) is 11.3 Å². The summed E-state index contributed by atoms with van der Waals surface area (Å²) in [5, 5.41) is 3.01. The lowest BCUT2D eigenvalue weighted by atomic mass is 10.1. The third-order valence-electron chi connectivity index (χ3n) is 4.94. The van der Waals surface area contributed by atoms with Crippen molar-refractivity contribution >= 4 is 5.91 Å². The molecule has 130 valence electrons. The maximum Gasteiger partial charge on any atom is 0.220 e. The second kappa shape index (κ2) is 8.34. The summed E-state index contributed by atoms with van der Waals surface area (Å²) >= 11 is 0. The van der Waals surface area contributed by atoms with Crippen LogP contribution in [0.15, 0.2) is 36.4 Å². The molecule has 1 saturated heterocycles. The molecule has 1 N–H and O–H groups in total. The highest BCUT2D eigenvalue weighted by Crippen LogP contribution is 2.21. The molecule has 1 heterocycles. The van der Waals surface area contributed by atoms with E-state index in [1.807, 2.05) is 24.3 Å². The fourth-order valence-corrected chi connectivity index (χ4v) is 3.36. The van der Waals surface area contributed by atoms with E-state index in [1.54, 1.807) is 0 Å². The number of carbonyl (C=O) groups is 1. The van der Waals surface area contributed by atoms with Gasteiger partial charge in [-0.25, -0.2) is 0 Å². The molecule has 3 rings (SSSR count). The molecule has 4 nitrogen and oxygen atoms in total. The fourth-order valence-electron chi connectivity index (χ4n) is 3.36. The molecular weight excluding hydrogens is 300 g/mol. The lowest BCUT2D eigenvalue weighted by Crippen LogP contribution is -2.35. The highest BCUT2D eigenvalue weighted by molar-refractivity contribution is 5.76. The van der Waals surface area contributed by atoms with E-state index in [0.717, 1.165) is 50.1 Å². The largest absolute Gasteiger partial charge is 0.490 e. The second-order valence-electron chi connectivity index (χ2n) is 7.01. The van der Waals surface area contributed by atoms with Gasteiger partial charge in [-0.15, -0.1) is 0 Å². The molecular formula is C20H28N2O2. The van der Waals surface area contributed by atoms with Crippen molar-refractivity contribution in [2.75, 3.05) is 20.1 Å². The summed E-state index contributed by atoms with van der Waals surface area (Å²) in [6, 6.07) is 8.11. The Morgan fingerprint density at radius 1 is 1.21 bits per heavy atom. The first-order valence-electron chi connectivity index (χ1n) is 9.06. The Kier molecular flexibility index (Phi) is 5.91. The molecule has 24 heavy (non-hydrogen) atoms. The van der Waals surface area contributed by atoms with E-state index in [9.17, 15) is 4.79 Å². The minimum Gasteiger partial charge on any atom is -0.490 e. The molecule has 1 aromatic rings. The van der Waals surface area contributed by atoms with Gasteiger partial charge in [0, 0.05) is 26.1 Å². The van der Waals surface area contributed by atoms with Gasteiger partial charge in [0.15, 0.2) is 0 Å². The summed E-state index contributed by atoms with van der Waals surface area (Å²) in [7, 11) is 2.16. The predicted molar refractivity (Wildman–Crippen MR) is 95.9 cm³/mol. The molecule has 0 aromatic heterocycles. The molecule has 1 aliphatic heterocycles. The number of carbonyl (C=O) groups excluding carboxylic acids is 1. The van der Waals surface area contributed by atoms with Gasteiger partial charge in [0.1, 0.15) is 11.9 Å². The van der Waals surface area contributed by atoms with E-state index in [1.165, 1.54) is 0 Å². The molecule has 1 fully saturated rings. The first kappa shape index (κ1) is 17.0. The van der Waals surface area contributed by atoms with Gasteiger partial charge in [-0.1, -0.05) is 24.3 Å². The molecule has 0 saturated carbocycles. The summed E-state index contributed by atoms with van der Waals surface area (Å²) < 4.78 is 6.05. The minimum absolute atomic E-state index is 0.137. The summed E-state index contributed by atoms with van der Waals surface area (Å²) in [6.07, 6.45) is 9.65. The van der Waals surface area contributed by atoms with Gasteiger partial charge in [-0.3, -0.25) is 4.79 Å². The zero-order valence-corrected chi connectivity index (χ0v) is 14.5. The van der Waals surface area contributed by atoms with E-state index < -0.39 is 0 Å². The van der Waals surface area contributed by atoms with Gasteiger partial charge in [-0.2, -0.15) is 0 Å². The van der Waals surface area contributed by atoms with Gasteiger partial charge < -0.3 is 15.0 Å². The Labute approximate surface area is 144 Å². The number of rotatable bonds is 6. The van der Waals surface area contributed by atoms with E-state index in [4.69, 9.17) is 4.74 Å². The molecule has 1 aliphatic carbocycles. The number of likely N-dealkylation sites (tertiary alicyclic amines) is 1. The van der Waals surface area contributed by atoms with E-state index in [-0.39, 0.29) is 5.91 Å². The molecule has 0 spiro atoms. The lowest BCUT2D eigenvalue weighted by molar-refractivity contribution is -0.121. The number of ether oxygens (including phenoxy) is 1. The first-order valence-corrected chi connectivity index (χ1v) is 9.06. The van der Waals surface area contributed by atoms with Crippen LogP contribution >= 0.6 is 0 Å². The average molecular weight is 328 g/mol. The van der Waals surface area contributed by atoms with Crippen LogP contribution in [0.4, 0.5) is 0 Å². The summed E-state index contributed by atoms with van der Waals surface area (Å²) in [5.41, 5.74) is 1.11. The van der Waals surface area contributed by atoms with Crippen molar-refractivity contribution < 1.29 is 9.53 Å². The SMILES string of the molecule is CN1CCC(Oc2ccc(CNC(=O)CC3C=CCC3)cc2)CC1. The number of hydrogen-bond acceptors (Lipinski definition) is 3. The van der Waals surface area contributed by atoms with Crippen LogP contribution in [0.25, 0.3) is 0 Å². The Morgan fingerprint density at radius 2 is 1.96 bits per heavy atom. The molecule has 1 aromatic carbocycles. The number of benzene rings is 1.